The number of anilines is 1. The molecule has 0 unspecified atom stereocenters. The first kappa shape index (κ1) is 12.2. The SMILES string of the molecule is CCn1nc(CNc2cccc(OC)c2)[nH]c1=O. The molecule has 1 aromatic carbocycles. The van der Waals surface area contributed by atoms with Gasteiger partial charge in [0.2, 0.25) is 0 Å². The molecular formula is C12H16N4O2. The highest BCUT2D eigenvalue weighted by Crippen LogP contribution is 2.16. The number of benzene rings is 1. The van der Waals surface area contributed by atoms with Crippen molar-refractivity contribution in [3.05, 3.63) is 40.6 Å². The molecule has 1 aromatic heterocycles. The van der Waals surface area contributed by atoms with Gasteiger partial charge in [-0.15, -0.1) is 0 Å². The minimum atomic E-state index is -0.181. The lowest BCUT2D eigenvalue weighted by Gasteiger charge is -2.05. The summed E-state index contributed by atoms with van der Waals surface area (Å²) in [7, 11) is 1.62. The van der Waals surface area contributed by atoms with Gasteiger partial charge in [-0.05, 0) is 19.1 Å². The summed E-state index contributed by atoms with van der Waals surface area (Å²) in [5, 5.41) is 7.32. The number of aromatic nitrogens is 3. The highest BCUT2D eigenvalue weighted by atomic mass is 16.5. The van der Waals surface area contributed by atoms with Crippen LogP contribution in [0.4, 0.5) is 5.69 Å². The van der Waals surface area contributed by atoms with Crippen LogP contribution in [-0.4, -0.2) is 21.9 Å². The lowest BCUT2D eigenvalue weighted by atomic mass is 10.3. The lowest BCUT2D eigenvalue weighted by molar-refractivity contribution is 0.415. The molecule has 6 heteroatoms. The van der Waals surface area contributed by atoms with Gasteiger partial charge in [-0.1, -0.05) is 6.07 Å². The van der Waals surface area contributed by atoms with E-state index in [1.807, 2.05) is 31.2 Å². The van der Waals surface area contributed by atoms with Crippen LogP contribution in [0.15, 0.2) is 29.1 Å². The van der Waals surface area contributed by atoms with Gasteiger partial charge in [0.25, 0.3) is 0 Å². The van der Waals surface area contributed by atoms with Crippen molar-refractivity contribution in [2.45, 2.75) is 20.0 Å². The van der Waals surface area contributed by atoms with Gasteiger partial charge in [0.15, 0.2) is 0 Å². The van der Waals surface area contributed by atoms with Gasteiger partial charge in [0.1, 0.15) is 11.6 Å². The summed E-state index contributed by atoms with van der Waals surface area (Å²) in [4.78, 5) is 14.1. The third-order valence-corrected chi connectivity index (χ3v) is 2.56. The minimum Gasteiger partial charge on any atom is -0.497 e. The molecule has 6 nitrogen and oxygen atoms in total. The van der Waals surface area contributed by atoms with Gasteiger partial charge in [0, 0.05) is 18.3 Å². The van der Waals surface area contributed by atoms with Gasteiger partial charge in [0.05, 0.1) is 13.7 Å². The molecule has 96 valence electrons. The number of nitrogens with zero attached hydrogens (tertiary/aromatic N) is 2. The zero-order valence-electron chi connectivity index (χ0n) is 10.4. The molecule has 2 aromatic rings. The Morgan fingerprint density at radius 1 is 1.50 bits per heavy atom. The van der Waals surface area contributed by atoms with E-state index < -0.39 is 0 Å². The monoisotopic (exact) mass is 248 g/mol. The Labute approximate surface area is 105 Å². The molecular weight excluding hydrogens is 232 g/mol. The Kier molecular flexibility index (Phi) is 3.66. The quantitative estimate of drug-likeness (QED) is 0.834. The van der Waals surface area contributed by atoms with Crippen LogP contribution in [0.1, 0.15) is 12.7 Å². The first-order chi connectivity index (χ1) is 8.72. The first-order valence-corrected chi connectivity index (χ1v) is 5.77. The fraction of sp³-hybridized carbons (Fsp3) is 0.333. The Morgan fingerprint density at radius 3 is 3.00 bits per heavy atom. The molecule has 0 aliphatic rings. The van der Waals surface area contributed by atoms with Crippen LogP contribution in [0.5, 0.6) is 5.75 Å². The standard InChI is InChI=1S/C12H16N4O2/c1-3-16-12(17)14-11(15-16)8-13-9-5-4-6-10(7-9)18-2/h4-7,13H,3,8H2,1-2H3,(H,14,15,17). The van der Waals surface area contributed by atoms with Crippen molar-refractivity contribution in [2.75, 3.05) is 12.4 Å². The summed E-state index contributed by atoms with van der Waals surface area (Å²) in [5.74, 6) is 1.40. The van der Waals surface area contributed by atoms with Crippen molar-refractivity contribution in [1.29, 1.82) is 0 Å². The van der Waals surface area contributed by atoms with E-state index in [0.717, 1.165) is 11.4 Å². The zero-order chi connectivity index (χ0) is 13.0. The highest BCUT2D eigenvalue weighted by molar-refractivity contribution is 5.48. The molecule has 0 aliphatic heterocycles. The van der Waals surface area contributed by atoms with Crippen molar-refractivity contribution >= 4 is 5.69 Å². The van der Waals surface area contributed by atoms with Gasteiger partial charge < -0.3 is 10.1 Å². The Hall–Kier alpha value is -2.24. The number of nitrogens with one attached hydrogen (secondary N) is 2. The van der Waals surface area contributed by atoms with Crippen LogP contribution in [0.25, 0.3) is 0 Å². The topological polar surface area (TPSA) is 71.9 Å². The third kappa shape index (κ3) is 2.71. The van der Waals surface area contributed by atoms with Gasteiger partial charge in [-0.2, -0.15) is 5.10 Å². The van der Waals surface area contributed by atoms with Crippen LogP contribution in [0.2, 0.25) is 0 Å². The Bertz CT molecular complexity index is 573. The summed E-state index contributed by atoms with van der Waals surface area (Å²) in [6.45, 7) is 2.91. The number of aryl methyl sites for hydroxylation is 1. The second kappa shape index (κ2) is 5.39. The summed E-state index contributed by atoms with van der Waals surface area (Å²) < 4.78 is 6.52. The first-order valence-electron chi connectivity index (χ1n) is 5.77. The second-order valence-electron chi connectivity index (χ2n) is 3.78. The molecule has 18 heavy (non-hydrogen) atoms. The molecule has 0 aliphatic carbocycles. The van der Waals surface area contributed by atoms with Crippen LogP contribution >= 0.6 is 0 Å². The number of hydrogen-bond acceptors (Lipinski definition) is 4. The maximum atomic E-state index is 11.4. The fourth-order valence-corrected chi connectivity index (χ4v) is 1.62. The highest BCUT2D eigenvalue weighted by Gasteiger charge is 2.03. The third-order valence-electron chi connectivity index (χ3n) is 2.56. The summed E-state index contributed by atoms with van der Waals surface area (Å²) in [6, 6.07) is 7.58. The molecule has 0 bridgehead atoms. The van der Waals surface area contributed by atoms with E-state index in [4.69, 9.17) is 4.74 Å². The predicted molar refractivity (Wildman–Crippen MR) is 68.8 cm³/mol. The maximum absolute atomic E-state index is 11.4. The van der Waals surface area contributed by atoms with Crippen molar-refractivity contribution < 1.29 is 4.74 Å². The van der Waals surface area contributed by atoms with Crippen molar-refractivity contribution in [2.24, 2.45) is 0 Å². The molecule has 0 atom stereocenters. The number of rotatable bonds is 5. The molecule has 0 saturated heterocycles. The summed E-state index contributed by atoms with van der Waals surface area (Å²) in [6.07, 6.45) is 0. The van der Waals surface area contributed by atoms with Crippen molar-refractivity contribution in [1.82, 2.24) is 14.8 Å². The number of aromatic amines is 1. The predicted octanol–water partition coefficient (Wildman–Crippen LogP) is 1.21. The van der Waals surface area contributed by atoms with Gasteiger partial charge in [-0.25, -0.2) is 9.48 Å². The molecule has 0 radical (unpaired) electrons. The molecule has 0 fully saturated rings. The lowest BCUT2D eigenvalue weighted by Crippen LogP contribution is -2.16. The molecule has 1 heterocycles. The molecule has 2 N–H and O–H groups in total. The van der Waals surface area contributed by atoms with E-state index in [2.05, 4.69) is 15.4 Å². The largest absolute Gasteiger partial charge is 0.497 e. The smallest absolute Gasteiger partial charge is 0.343 e. The number of ether oxygens (including phenoxy) is 1. The molecule has 0 amide bonds. The van der Waals surface area contributed by atoms with Crippen LogP contribution < -0.4 is 15.7 Å². The summed E-state index contributed by atoms with van der Waals surface area (Å²) in [5.41, 5.74) is 0.737. The van der Waals surface area contributed by atoms with Gasteiger partial charge >= 0.3 is 5.69 Å². The van der Waals surface area contributed by atoms with E-state index in [0.29, 0.717) is 18.9 Å². The van der Waals surface area contributed by atoms with E-state index in [9.17, 15) is 4.79 Å². The van der Waals surface area contributed by atoms with Crippen LogP contribution in [0, 0.1) is 0 Å². The van der Waals surface area contributed by atoms with Crippen molar-refractivity contribution in [3.8, 4) is 5.75 Å². The van der Waals surface area contributed by atoms with Crippen LogP contribution in [0.3, 0.4) is 0 Å². The van der Waals surface area contributed by atoms with Gasteiger partial charge in [-0.3, -0.25) is 4.98 Å². The molecule has 0 saturated carbocycles. The van der Waals surface area contributed by atoms with Crippen LogP contribution in [-0.2, 0) is 13.1 Å². The summed E-state index contributed by atoms with van der Waals surface area (Å²) >= 11 is 0. The average molecular weight is 248 g/mol. The Morgan fingerprint density at radius 2 is 2.33 bits per heavy atom. The Balaban J connectivity index is 2.04. The minimum absolute atomic E-state index is 0.181. The second-order valence-corrected chi connectivity index (χ2v) is 3.78. The molecule has 2 rings (SSSR count). The normalized spacial score (nSPS) is 10.3. The average Bonchev–Trinajstić information content (AvgIpc) is 2.77. The number of H-pyrrole nitrogens is 1. The fourth-order valence-electron chi connectivity index (χ4n) is 1.62. The number of methoxy groups -OCH3 is 1. The van der Waals surface area contributed by atoms with E-state index in [1.165, 1.54) is 4.68 Å². The molecule has 0 spiro atoms. The van der Waals surface area contributed by atoms with E-state index in [-0.39, 0.29) is 5.69 Å². The van der Waals surface area contributed by atoms with Crippen molar-refractivity contribution in [3.63, 3.8) is 0 Å². The van der Waals surface area contributed by atoms with E-state index in [1.54, 1.807) is 7.11 Å². The zero-order valence-corrected chi connectivity index (χ0v) is 10.4. The van der Waals surface area contributed by atoms with E-state index >= 15 is 0 Å². The maximum Gasteiger partial charge on any atom is 0.343 e. The number of hydrogen-bond donors (Lipinski definition) is 2.